The van der Waals surface area contributed by atoms with E-state index in [4.69, 9.17) is 0 Å². The van der Waals surface area contributed by atoms with Gasteiger partial charge in [-0.2, -0.15) is 5.26 Å². The molecule has 1 fully saturated rings. The van der Waals surface area contributed by atoms with Crippen molar-refractivity contribution in [2.75, 3.05) is 18.0 Å². The van der Waals surface area contributed by atoms with E-state index >= 15 is 0 Å². The fourth-order valence-electron chi connectivity index (χ4n) is 2.73. The molecule has 1 N–H and O–H groups in total. The number of rotatable bonds is 5. The average Bonchev–Trinajstić information content (AvgIpc) is 2.85. The standard InChI is InChI=1S/C16H23N3/c1-3-8-18-12-14-6-7-16(15(10-14)11-17)19-9-4-5-13(19)2/h6-7,10,13,18H,3-5,8-9,12H2,1-2H3. The minimum Gasteiger partial charge on any atom is -0.368 e. The highest BCUT2D eigenvalue weighted by Gasteiger charge is 2.22. The van der Waals surface area contributed by atoms with Crippen LogP contribution in [0.2, 0.25) is 0 Å². The van der Waals surface area contributed by atoms with Gasteiger partial charge in [-0.1, -0.05) is 13.0 Å². The van der Waals surface area contributed by atoms with Crippen molar-refractivity contribution in [1.29, 1.82) is 5.26 Å². The van der Waals surface area contributed by atoms with Crippen molar-refractivity contribution in [3.63, 3.8) is 0 Å². The van der Waals surface area contributed by atoms with E-state index in [-0.39, 0.29) is 0 Å². The van der Waals surface area contributed by atoms with Gasteiger partial charge in [0.1, 0.15) is 6.07 Å². The second-order valence-corrected chi connectivity index (χ2v) is 5.32. The smallest absolute Gasteiger partial charge is 0.101 e. The lowest BCUT2D eigenvalue weighted by Crippen LogP contribution is -2.27. The van der Waals surface area contributed by atoms with Gasteiger partial charge in [-0.15, -0.1) is 0 Å². The molecule has 0 aromatic heterocycles. The zero-order valence-corrected chi connectivity index (χ0v) is 11.9. The Balaban J connectivity index is 2.15. The summed E-state index contributed by atoms with van der Waals surface area (Å²) in [5, 5.41) is 12.7. The molecular formula is C16H23N3. The molecule has 1 atom stereocenters. The minimum atomic E-state index is 0.552. The molecule has 0 amide bonds. The Morgan fingerprint density at radius 1 is 1.47 bits per heavy atom. The van der Waals surface area contributed by atoms with E-state index in [1.807, 2.05) is 6.07 Å². The lowest BCUT2D eigenvalue weighted by Gasteiger charge is -2.25. The number of hydrogen-bond acceptors (Lipinski definition) is 3. The van der Waals surface area contributed by atoms with Gasteiger partial charge in [-0.3, -0.25) is 0 Å². The predicted molar refractivity (Wildman–Crippen MR) is 79.2 cm³/mol. The molecule has 1 unspecified atom stereocenters. The summed E-state index contributed by atoms with van der Waals surface area (Å²) in [6.45, 7) is 7.34. The molecule has 3 heteroatoms. The molecule has 0 radical (unpaired) electrons. The number of nitriles is 1. The van der Waals surface area contributed by atoms with Crippen LogP contribution >= 0.6 is 0 Å². The largest absolute Gasteiger partial charge is 0.368 e. The van der Waals surface area contributed by atoms with Crippen molar-refractivity contribution in [1.82, 2.24) is 5.32 Å². The van der Waals surface area contributed by atoms with E-state index < -0.39 is 0 Å². The maximum absolute atomic E-state index is 9.36. The van der Waals surface area contributed by atoms with Gasteiger partial charge in [-0.25, -0.2) is 0 Å². The Bertz CT molecular complexity index is 462. The second kappa shape index (κ2) is 6.58. The average molecular weight is 257 g/mol. The van der Waals surface area contributed by atoms with E-state index in [0.29, 0.717) is 6.04 Å². The van der Waals surface area contributed by atoms with Gasteiger partial charge >= 0.3 is 0 Å². The van der Waals surface area contributed by atoms with Crippen LogP contribution in [0.5, 0.6) is 0 Å². The van der Waals surface area contributed by atoms with Crippen LogP contribution in [0.1, 0.15) is 44.2 Å². The SMILES string of the molecule is CCCNCc1ccc(N2CCCC2C)c(C#N)c1. The summed E-state index contributed by atoms with van der Waals surface area (Å²) < 4.78 is 0. The Morgan fingerprint density at radius 3 is 2.95 bits per heavy atom. The van der Waals surface area contributed by atoms with E-state index in [0.717, 1.165) is 37.3 Å². The third kappa shape index (κ3) is 3.27. The first kappa shape index (κ1) is 13.9. The monoisotopic (exact) mass is 257 g/mol. The summed E-state index contributed by atoms with van der Waals surface area (Å²) in [6.07, 6.45) is 3.59. The Morgan fingerprint density at radius 2 is 2.32 bits per heavy atom. The molecule has 1 heterocycles. The summed E-state index contributed by atoms with van der Waals surface area (Å²) in [5.74, 6) is 0. The van der Waals surface area contributed by atoms with Gasteiger partial charge in [0.2, 0.25) is 0 Å². The van der Waals surface area contributed by atoms with Gasteiger partial charge in [0.25, 0.3) is 0 Å². The number of nitrogens with one attached hydrogen (secondary N) is 1. The van der Waals surface area contributed by atoms with Crippen LogP contribution in [0.3, 0.4) is 0 Å². The maximum atomic E-state index is 9.36. The first-order chi connectivity index (χ1) is 9.26. The highest BCUT2D eigenvalue weighted by atomic mass is 15.2. The van der Waals surface area contributed by atoms with E-state index in [9.17, 15) is 5.26 Å². The lowest BCUT2D eigenvalue weighted by atomic mass is 10.1. The van der Waals surface area contributed by atoms with E-state index in [1.165, 1.54) is 18.4 Å². The van der Waals surface area contributed by atoms with Crippen molar-refractivity contribution < 1.29 is 0 Å². The minimum absolute atomic E-state index is 0.552. The fraction of sp³-hybridized carbons (Fsp3) is 0.562. The molecule has 1 aromatic carbocycles. The van der Waals surface area contributed by atoms with Crippen LogP contribution < -0.4 is 10.2 Å². The van der Waals surface area contributed by atoms with Crippen LogP contribution in [0.4, 0.5) is 5.69 Å². The second-order valence-electron chi connectivity index (χ2n) is 5.32. The van der Waals surface area contributed by atoms with Crippen LogP contribution in [0.25, 0.3) is 0 Å². The summed E-state index contributed by atoms with van der Waals surface area (Å²) >= 11 is 0. The molecule has 102 valence electrons. The molecule has 0 saturated carbocycles. The Hall–Kier alpha value is -1.53. The zero-order valence-electron chi connectivity index (χ0n) is 11.9. The highest BCUT2D eigenvalue weighted by molar-refractivity contribution is 5.61. The molecule has 3 nitrogen and oxygen atoms in total. The Labute approximate surface area is 116 Å². The molecule has 1 aliphatic rings. The number of anilines is 1. The lowest BCUT2D eigenvalue weighted by molar-refractivity contribution is 0.675. The van der Waals surface area contributed by atoms with E-state index in [2.05, 4.69) is 42.3 Å². The van der Waals surface area contributed by atoms with Crippen molar-refractivity contribution in [3.05, 3.63) is 29.3 Å². The third-order valence-electron chi connectivity index (χ3n) is 3.80. The predicted octanol–water partition coefficient (Wildman–Crippen LogP) is 3.05. The van der Waals surface area contributed by atoms with Crippen molar-refractivity contribution >= 4 is 5.69 Å². The van der Waals surface area contributed by atoms with Gasteiger partial charge in [0, 0.05) is 19.1 Å². The molecule has 1 aromatic rings. The first-order valence-corrected chi connectivity index (χ1v) is 7.26. The molecule has 2 rings (SSSR count). The number of benzene rings is 1. The molecule has 1 saturated heterocycles. The van der Waals surface area contributed by atoms with Crippen molar-refractivity contribution in [2.24, 2.45) is 0 Å². The molecule has 0 spiro atoms. The first-order valence-electron chi connectivity index (χ1n) is 7.26. The highest BCUT2D eigenvalue weighted by Crippen LogP contribution is 2.28. The Kier molecular flexibility index (Phi) is 4.81. The summed E-state index contributed by atoms with van der Waals surface area (Å²) in [7, 11) is 0. The fourth-order valence-corrected chi connectivity index (χ4v) is 2.73. The zero-order chi connectivity index (χ0) is 13.7. The van der Waals surface area contributed by atoms with Crippen LogP contribution in [-0.2, 0) is 6.54 Å². The molecule has 1 aliphatic heterocycles. The van der Waals surface area contributed by atoms with Crippen LogP contribution in [0, 0.1) is 11.3 Å². The van der Waals surface area contributed by atoms with Crippen molar-refractivity contribution in [3.8, 4) is 6.07 Å². The molecule has 19 heavy (non-hydrogen) atoms. The number of nitrogens with zero attached hydrogens (tertiary/aromatic N) is 2. The topological polar surface area (TPSA) is 39.1 Å². The molecule has 0 bridgehead atoms. The normalized spacial score (nSPS) is 18.6. The maximum Gasteiger partial charge on any atom is 0.101 e. The quantitative estimate of drug-likeness (QED) is 0.824. The molecular weight excluding hydrogens is 234 g/mol. The van der Waals surface area contributed by atoms with Crippen LogP contribution in [-0.4, -0.2) is 19.1 Å². The molecule has 0 aliphatic carbocycles. The third-order valence-corrected chi connectivity index (χ3v) is 3.80. The van der Waals surface area contributed by atoms with E-state index in [1.54, 1.807) is 0 Å². The van der Waals surface area contributed by atoms with Crippen LogP contribution in [0.15, 0.2) is 18.2 Å². The summed E-state index contributed by atoms with van der Waals surface area (Å²) in [5.41, 5.74) is 3.11. The number of hydrogen-bond donors (Lipinski definition) is 1. The van der Waals surface area contributed by atoms with Gasteiger partial charge in [0.05, 0.1) is 11.3 Å². The van der Waals surface area contributed by atoms with Gasteiger partial charge in [0.15, 0.2) is 0 Å². The van der Waals surface area contributed by atoms with Gasteiger partial charge in [-0.05, 0) is 50.4 Å². The van der Waals surface area contributed by atoms with Gasteiger partial charge < -0.3 is 10.2 Å². The summed E-state index contributed by atoms with van der Waals surface area (Å²) in [4.78, 5) is 2.36. The summed E-state index contributed by atoms with van der Waals surface area (Å²) in [6, 6.07) is 9.19. The van der Waals surface area contributed by atoms with Crippen molar-refractivity contribution in [2.45, 2.75) is 45.7 Å².